The predicted molar refractivity (Wildman–Crippen MR) is 67.3 cm³/mol. The van der Waals surface area contributed by atoms with Crippen molar-refractivity contribution in [1.29, 1.82) is 0 Å². The number of aliphatic hydroxyl groups is 4. The zero-order valence-corrected chi connectivity index (χ0v) is 10.8. The summed E-state index contributed by atoms with van der Waals surface area (Å²) >= 11 is 4.04. The lowest BCUT2D eigenvalue weighted by molar-refractivity contribution is -0.298. The largest absolute Gasteiger partial charge is 0.394 e. The van der Waals surface area contributed by atoms with Crippen LogP contribution in [0.3, 0.4) is 0 Å². The maximum absolute atomic E-state index is 9.65. The third-order valence-corrected chi connectivity index (χ3v) is 2.93. The first kappa shape index (κ1) is 15.9. The van der Waals surface area contributed by atoms with Crippen molar-refractivity contribution >= 4 is 12.6 Å². The summed E-state index contributed by atoms with van der Waals surface area (Å²) < 4.78 is 10.4. The van der Waals surface area contributed by atoms with E-state index in [0.29, 0.717) is 0 Å². The molecule has 5 atom stereocenters. The summed E-state index contributed by atoms with van der Waals surface area (Å²) in [6.45, 7) is -0.253. The van der Waals surface area contributed by atoms with Gasteiger partial charge in [-0.05, 0) is 12.2 Å². The number of rotatable bonds is 6. The highest BCUT2D eigenvalue weighted by molar-refractivity contribution is 7.80. The molecule has 1 heterocycles. The van der Waals surface area contributed by atoms with Crippen molar-refractivity contribution in [2.75, 3.05) is 19.0 Å². The molecule has 0 bridgehead atoms. The Hall–Kier alpha value is -0.150. The summed E-state index contributed by atoms with van der Waals surface area (Å²) in [5.74, 6) is 0.733. The number of ether oxygens (including phenoxy) is 2. The SMILES string of the molecule is OCC1OC(OC/C=C/CCS)C(O)C(O)C1O. The Morgan fingerprint density at radius 3 is 2.44 bits per heavy atom. The smallest absolute Gasteiger partial charge is 0.187 e. The molecule has 1 aliphatic rings. The van der Waals surface area contributed by atoms with Crippen LogP contribution in [-0.2, 0) is 9.47 Å². The molecule has 1 fully saturated rings. The van der Waals surface area contributed by atoms with E-state index in [4.69, 9.17) is 14.6 Å². The first-order valence-electron chi connectivity index (χ1n) is 5.79. The molecule has 1 saturated heterocycles. The van der Waals surface area contributed by atoms with Gasteiger partial charge in [0.2, 0.25) is 0 Å². The molecule has 0 aromatic carbocycles. The summed E-state index contributed by atoms with van der Waals surface area (Å²) in [4.78, 5) is 0. The Balaban J connectivity index is 2.44. The minimum absolute atomic E-state index is 0.205. The second-order valence-electron chi connectivity index (χ2n) is 4.01. The van der Waals surface area contributed by atoms with E-state index in [1.165, 1.54) is 0 Å². The lowest BCUT2D eigenvalue weighted by atomic mass is 9.99. The zero-order valence-electron chi connectivity index (χ0n) is 9.92. The standard InChI is InChI=1S/C11H20O6S/c12-6-7-8(13)9(14)10(15)11(17-7)16-4-2-1-3-5-18/h1-2,7-15,18H,3-6H2/b2-1+. The van der Waals surface area contributed by atoms with Crippen molar-refractivity contribution in [3.63, 3.8) is 0 Å². The maximum atomic E-state index is 9.65. The van der Waals surface area contributed by atoms with Crippen LogP contribution in [0.2, 0.25) is 0 Å². The molecule has 0 spiro atoms. The van der Waals surface area contributed by atoms with Gasteiger partial charge in [-0.15, -0.1) is 0 Å². The minimum atomic E-state index is -1.40. The van der Waals surface area contributed by atoms with Crippen molar-refractivity contribution in [2.24, 2.45) is 0 Å². The average molecular weight is 280 g/mol. The van der Waals surface area contributed by atoms with Gasteiger partial charge in [-0.2, -0.15) is 12.6 Å². The predicted octanol–water partition coefficient (Wildman–Crippen LogP) is -1.32. The van der Waals surface area contributed by atoms with Gasteiger partial charge in [0.05, 0.1) is 13.2 Å². The van der Waals surface area contributed by atoms with Crippen molar-refractivity contribution in [1.82, 2.24) is 0 Å². The molecule has 1 aliphatic heterocycles. The van der Waals surface area contributed by atoms with Crippen LogP contribution in [0, 0.1) is 0 Å². The van der Waals surface area contributed by atoms with Gasteiger partial charge in [-0.1, -0.05) is 12.2 Å². The van der Waals surface area contributed by atoms with E-state index in [2.05, 4.69) is 12.6 Å². The molecule has 0 aromatic rings. The van der Waals surface area contributed by atoms with Gasteiger partial charge in [-0.25, -0.2) is 0 Å². The van der Waals surface area contributed by atoms with E-state index in [1.807, 2.05) is 6.08 Å². The second kappa shape index (κ2) is 8.11. The van der Waals surface area contributed by atoms with Crippen LogP contribution < -0.4 is 0 Å². The Morgan fingerprint density at radius 2 is 1.83 bits per heavy atom. The van der Waals surface area contributed by atoms with Gasteiger partial charge in [0.25, 0.3) is 0 Å². The molecule has 5 unspecified atom stereocenters. The third kappa shape index (κ3) is 4.20. The monoisotopic (exact) mass is 280 g/mol. The van der Waals surface area contributed by atoms with Crippen LogP contribution >= 0.6 is 12.6 Å². The normalized spacial score (nSPS) is 37.3. The average Bonchev–Trinajstić information content (AvgIpc) is 2.38. The molecule has 7 heteroatoms. The lowest BCUT2D eigenvalue weighted by Crippen LogP contribution is -2.59. The summed E-state index contributed by atoms with van der Waals surface area (Å²) in [6, 6.07) is 0. The molecule has 0 amide bonds. The fourth-order valence-electron chi connectivity index (χ4n) is 1.62. The van der Waals surface area contributed by atoms with E-state index >= 15 is 0 Å². The molecule has 18 heavy (non-hydrogen) atoms. The van der Waals surface area contributed by atoms with Gasteiger partial charge in [0.1, 0.15) is 24.4 Å². The van der Waals surface area contributed by atoms with Gasteiger partial charge < -0.3 is 29.9 Å². The molecule has 1 rings (SSSR count). The van der Waals surface area contributed by atoms with E-state index in [0.717, 1.165) is 12.2 Å². The number of hydrogen-bond acceptors (Lipinski definition) is 7. The highest BCUT2D eigenvalue weighted by Crippen LogP contribution is 2.21. The van der Waals surface area contributed by atoms with Crippen LogP contribution in [0.5, 0.6) is 0 Å². The minimum Gasteiger partial charge on any atom is -0.394 e. The summed E-state index contributed by atoms with van der Waals surface area (Å²) in [5.41, 5.74) is 0. The van der Waals surface area contributed by atoms with Gasteiger partial charge in [-0.3, -0.25) is 0 Å². The highest BCUT2D eigenvalue weighted by atomic mass is 32.1. The Morgan fingerprint density at radius 1 is 1.11 bits per heavy atom. The van der Waals surface area contributed by atoms with E-state index in [1.54, 1.807) is 6.08 Å². The molecular weight excluding hydrogens is 260 g/mol. The van der Waals surface area contributed by atoms with Crippen LogP contribution in [0.4, 0.5) is 0 Å². The van der Waals surface area contributed by atoms with E-state index in [-0.39, 0.29) is 6.61 Å². The maximum Gasteiger partial charge on any atom is 0.187 e. The van der Waals surface area contributed by atoms with Crippen LogP contribution in [0.15, 0.2) is 12.2 Å². The Bertz CT molecular complexity index is 260. The van der Waals surface area contributed by atoms with Crippen molar-refractivity contribution < 1.29 is 29.9 Å². The van der Waals surface area contributed by atoms with Crippen molar-refractivity contribution in [3.05, 3.63) is 12.2 Å². The Kier molecular flexibility index (Phi) is 7.16. The van der Waals surface area contributed by atoms with E-state index in [9.17, 15) is 15.3 Å². The fraction of sp³-hybridized carbons (Fsp3) is 0.818. The van der Waals surface area contributed by atoms with Gasteiger partial charge in [0, 0.05) is 0 Å². The first-order chi connectivity index (χ1) is 8.61. The molecular formula is C11H20O6S. The number of hydrogen-bond donors (Lipinski definition) is 5. The van der Waals surface area contributed by atoms with Crippen molar-refractivity contribution in [2.45, 2.75) is 37.1 Å². The van der Waals surface area contributed by atoms with Crippen molar-refractivity contribution in [3.8, 4) is 0 Å². The zero-order chi connectivity index (χ0) is 13.5. The third-order valence-electron chi connectivity index (χ3n) is 2.67. The molecule has 6 nitrogen and oxygen atoms in total. The van der Waals surface area contributed by atoms with Crippen LogP contribution in [-0.4, -0.2) is 70.1 Å². The summed E-state index contributed by atoms with van der Waals surface area (Å²) in [5, 5.41) is 37.7. The molecule has 0 aromatic heterocycles. The number of aliphatic hydroxyl groups excluding tert-OH is 4. The topological polar surface area (TPSA) is 99.4 Å². The molecule has 106 valence electrons. The van der Waals surface area contributed by atoms with Gasteiger partial charge >= 0.3 is 0 Å². The molecule has 4 N–H and O–H groups in total. The Labute approximate surface area is 111 Å². The van der Waals surface area contributed by atoms with E-state index < -0.39 is 37.3 Å². The van der Waals surface area contributed by atoms with Crippen LogP contribution in [0.1, 0.15) is 6.42 Å². The second-order valence-corrected chi connectivity index (χ2v) is 4.46. The molecule has 0 radical (unpaired) electrons. The summed E-state index contributed by atoms with van der Waals surface area (Å²) in [7, 11) is 0. The van der Waals surface area contributed by atoms with Gasteiger partial charge in [0.15, 0.2) is 6.29 Å². The molecule has 0 aliphatic carbocycles. The van der Waals surface area contributed by atoms with Crippen LogP contribution in [0.25, 0.3) is 0 Å². The quantitative estimate of drug-likeness (QED) is 0.306. The fourth-order valence-corrected chi connectivity index (χ4v) is 1.77. The highest BCUT2D eigenvalue weighted by Gasteiger charge is 2.43. The molecule has 0 saturated carbocycles. The summed E-state index contributed by atoms with van der Waals surface area (Å²) in [6.07, 6.45) is -1.68. The first-order valence-corrected chi connectivity index (χ1v) is 6.43. The number of thiol groups is 1. The lowest BCUT2D eigenvalue weighted by Gasteiger charge is -2.39. The number of allylic oxidation sites excluding steroid dienone is 1.